The van der Waals surface area contributed by atoms with E-state index in [-0.39, 0.29) is 5.91 Å². The predicted molar refractivity (Wildman–Crippen MR) is 67.3 cm³/mol. The van der Waals surface area contributed by atoms with Gasteiger partial charge in [-0.25, -0.2) is 4.98 Å². The number of nitrogens with one attached hydrogen (secondary N) is 2. The summed E-state index contributed by atoms with van der Waals surface area (Å²) in [5.74, 6) is 0.272. The van der Waals surface area contributed by atoms with Crippen LogP contribution in [0.2, 0.25) is 0 Å². The zero-order valence-corrected chi connectivity index (χ0v) is 9.77. The Kier molecular flexibility index (Phi) is 3.09. The lowest BCUT2D eigenvalue weighted by Crippen LogP contribution is -2.14. The molecule has 1 heterocycles. The van der Waals surface area contributed by atoms with Crippen LogP contribution in [-0.2, 0) is 0 Å². The van der Waals surface area contributed by atoms with E-state index < -0.39 is 0 Å². The molecule has 0 fully saturated rings. The van der Waals surface area contributed by atoms with Gasteiger partial charge in [0.1, 0.15) is 0 Å². The molecule has 2 rings (SSSR count). The monoisotopic (exact) mass is 230 g/mol. The van der Waals surface area contributed by atoms with Crippen LogP contribution in [0, 0.1) is 0 Å². The van der Waals surface area contributed by atoms with E-state index in [2.05, 4.69) is 15.3 Å². The van der Waals surface area contributed by atoms with E-state index in [1.807, 2.05) is 37.2 Å². The van der Waals surface area contributed by atoms with Crippen LogP contribution >= 0.6 is 0 Å². The summed E-state index contributed by atoms with van der Waals surface area (Å²) in [6.07, 6.45) is 3.25. The minimum absolute atomic E-state index is 0.177. The van der Waals surface area contributed by atoms with E-state index in [0.717, 1.165) is 5.69 Å². The number of benzene rings is 1. The van der Waals surface area contributed by atoms with Gasteiger partial charge in [-0.1, -0.05) is 6.07 Å². The molecule has 2 aromatic rings. The van der Waals surface area contributed by atoms with Crippen LogP contribution in [0.3, 0.4) is 0 Å². The van der Waals surface area contributed by atoms with Crippen molar-refractivity contribution < 1.29 is 4.79 Å². The molecule has 0 bridgehead atoms. The number of anilines is 2. The molecule has 1 aromatic heterocycles. The molecule has 0 spiro atoms. The molecule has 1 aromatic carbocycles. The van der Waals surface area contributed by atoms with Crippen LogP contribution in [0.5, 0.6) is 0 Å². The first-order valence-corrected chi connectivity index (χ1v) is 5.25. The van der Waals surface area contributed by atoms with E-state index in [1.165, 1.54) is 0 Å². The first kappa shape index (κ1) is 11.2. The summed E-state index contributed by atoms with van der Waals surface area (Å²) >= 11 is 0. The molecule has 0 saturated carbocycles. The van der Waals surface area contributed by atoms with Gasteiger partial charge >= 0.3 is 0 Å². The fourth-order valence-corrected chi connectivity index (χ4v) is 1.44. The number of aromatic amines is 1. The fraction of sp³-hybridized carbons (Fsp3) is 0.167. The first-order valence-electron chi connectivity index (χ1n) is 5.25. The Morgan fingerprint density at radius 3 is 2.88 bits per heavy atom. The molecule has 0 saturated heterocycles. The molecule has 17 heavy (non-hydrogen) atoms. The van der Waals surface area contributed by atoms with Crippen molar-refractivity contribution in [3.8, 4) is 0 Å². The molecule has 0 aliphatic rings. The number of aromatic nitrogens is 2. The summed E-state index contributed by atoms with van der Waals surface area (Å²) in [7, 11) is 3.87. The molecular formula is C12H14N4O. The number of H-pyrrole nitrogens is 1. The molecule has 5 nitrogen and oxygen atoms in total. The van der Waals surface area contributed by atoms with Gasteiger partial charge in [-0.05, 0) is 18.2 Å². The highest BCUT2D eigenvalue weighted by Crippen LogP contribution is 2.14. The first-order chi connectivity index (χ1) is 8.16. The maximum Gasteiger partial charge on any atom is 0.258 e. The summed E-state index contributed by atoms with van der Waals surface area (Å²) in [4.78, 5) is 20.6. The van der Waals surface area contributed by atoms with E-state index in [0.29, 0.717) is 11.5 Å². The van der Waals surface area contributed by atoms with Crippen LogP contribution in [0.25, 0.3) is 0 Å². The number of amides is 1. The van der Waals surface area contributed by atoms with Gasteiger partial charge in [0, 0.05) is 37.7 Å². The number of hydrogen-bond donors (Lipinski definition) is 2. The Bertz CT molecular complexity index is 505. The Hall–Kier alpha value is -2.30. The third-order valence-electron chi connectivity index (χ3n) is 2.35. The molecule has 0 unspecified atom stereocenters. The Balaban J connectivity index is 2.16. The third kappa shape index (κ3) is 2.63. The summed E-state index contributed by atoms with van der Waals surface area (Å²) in [5.41, 5.74) is 1.59. The minimum atomic E-state index is -0.177. The topological polar surface area (TPSA) is 61.0 Å². The van der Waals surface area contributed by atoms with E-state index in [9.17, 15) is 4.79 Å². The van der Waals surface area contributed by atoms with Gasteiger partial charge < -0.3 is 9.88 Å². The van der Waals surface area contributed by atoms with Crippen molar-refractivity contribution >= 4 is 17.5 Å². The van der Waals surface area contributed by atoms with Crippen molar-refractivity contribution in [3.63, 3.8) is 0 Å². The number of imidazole rings is 1. The number of carbonyl (C=O) groups excluding carboxylic acids is 1. The summed E-state index contributed by atoms with van der Waals surface area (Å²) in [6.45, 7) is 0. The Morgan fingerprint density at radius 1 is 1.41 bits per heavy atom. The molecule has 0 aliphatic carbocycles. The molecule has 5 heteroatoms. The Labute approximate surface area is 99.5 Å². The van der Waals surface area contributed by atoms with Crippen molar-refractivity contribution in [2.75, 3.05) is 24.3 Å². The van der Waals surface area contributed by atoms with Crippen molar-refractivity contribution in [2.24, 2.45) is 0 Å². The van der Waals surface area contributed by atoms with Gasteiger partial charge in [0.2, 0.25) is 5.95 Å². The SMILES string of the molecule is CN(C)c1cccc(C(=O)Nc2ncc[nH]2)c1. The smallest absolute Gasteiger partial charge is 0.258 e. The van der Waals surface area contributed by atoms with Crippen LogP contribution in [0.15, 0.2) is 36.7 Å². The highest BCUT2D eigenvalue weighted by Gasteiger charge is 2.08. The van der Waals surface area contributed by atoms with Crippen LogP contribution in [0.1, 0.15) is 10.4 Å². The van der Waals surface area contributed by atoms with Crippen molar-refractivity contribution in [1.82, 2.24) is 9.97 Å². The van der Waals surface area contributed by atoms with Crippen LogP contribution in [0.4, 0.5) is 11.6 Å². The van der Waals surface area contributed by atoms with Crippen LogP contribution < -0.4 is 10.2 Å². The fourth-order valence-electron chi connectivity index (χ4n) is 1.44. The summed E-state index contributed by atoms with van der Waals surface area (Å²) < 4.78 is 0. The van der Waals surface area contributed by atoms with Gasteiger partial charge in [-0.2, -0.15) is 0 Å². The minimum Gasteiger partial charge on any atom is -0.378 e. The molecule has 2 N–H and O–H groups in total. The molecule has 0 atom stereocenters. The largest absolute Gasteiger partial charge is 0.378 e. The van der Waals surface area contributed by atoms with E-state index in [4.69, 9.17) is 0 Å². The highest BCUT2D eigenvalue weighted by atomic mass is 16.1. The third-order valence-corrected chi connectivity index (χ3v) is 2.35. The molecule has 1 amide bonds. The van der Waals surface area contributed by atoms with Gasteiger partial charge in [0.05, 0.1) is 0 Å². The molecule has 0 aliphatic heterocycles. The summed E-state index contributed by atoms with van der Waals surface area (Å²) in [6, 6.07) is 7.40. The predicted octanol–water partition coefficient (Wildman–Crippen LogP) is 1.73. The number of nitrogens with zero attached hydrogens (tertiary/aromatic N) is 2. The maximum atomic E-state index is 11.9. The molecule has 88 valence electrons. The molecular weight excluding hydrogens is 216 g/mol. The molecule has 0 radical (unpaired) electrons. The second kappa shape index (κ2) is 4.69. The zero-order valence-electron chi connectivity index (χ0n) is 9.77. The summed E-state index contributed by atoms with van der Waals surface area (Å²) in [5, 5.41) is 2.68. The second-order valence-electron chi connectivity index (χ2n) is 3.84. The van der Waals surface area contributed by atoms with Crippen molar-refractivity contribution in [2.45, 2.75) is 0 Å². The quantitative estimate of drug-likeness (QED) is 0.844. The van der Waals surface area contributed by atoms with Crippen molar-refractivity contribution in [1.29, 1.82) is 0 Å². The van der Waals surface area contributed by atoms with Gasteiger partial charge in [0.15, 0.2) is 0 Å². The van der Waals surface area contributed by atoms with Crippen LogP contribution in [-0.4, -0.2) is 30.0 Å². The zero-order chi connectivity index (χ0) is 12.3. The lowest BCUT2D eigenvalue weighted by molar-refractivity contribution is 0.102. The Morgan fingerprint density at radius 2 is 2.24 bits per heavy atom. The number of carbonyl (C=O) groups is 1. The van der Waals surface area contributed by atoms with E-state index in [1.54, 1.807) is 18.5 Å². The standard InChI is InChI=1S/C12H14N4O/c1-16(2)10-5-3-4-9(8-10)11(17)15-12-13-6-7-14-12/h3-8H,1-2H3,(H2,13,14,15,17). The number of hydrogen-bond acceptors (Lipinski definition) is 3. The number of rotatable bonds is 3. The second-order valence-corrected chi connectivity index (χ2v) is 3.84. The van der Waals surface area contributed by atoms with Gasteiger partial charge in [-0.15, -0.1) is 0 Å². The van der Waals surface area contributed by atoms with Gasteiger partial charge in [0.25, 0.3) is 5.91 Å². The average molecular weight is 230 g/mol. The lowest BCUT2D eigenvalue weighted by atomic mass is 10.2. The van der Waals surface area contributed by atoms with E-state index >= 15 is 0 Å². The highest BCUT2D eigenvalue weighted by molar-refractivity contribution is 6.03. The lowest BCUT2D eigenvalue weighted by Gasteiger charge is -2.13. The normalized spacial score (nSPS) is 10.0. The van der Waals surface area contributed by atoms with Gasteiger partial charge in [-0.3, -0.25) is 10.1 Å². The maximum absolute atomic E-state index is 11.9. The van der Waals surface area contributed by atoms with Crippen molar-refractivity contribution in [3.05, 3.63) is 42.2 Å². The average Bonchev–Trinajstić information content (AvgIpc) is 2.82.